The van der Waals surface area contributed by atoms with E-state index in [2.05, 4.69) is 22.6 Å². The molecule has 4 aromatic rings. The van der Waals surface area contributed by atoms with Gasteiger partial charge in [0.15, 0.2) is 0 Å². The Kier molecular flexibility index (Phi) is 4.17. The molecule has 0 N–H and O–H groups in total. The summed E-state index contributed by atoms with van der Waals surface area (Å²) in [5, 5.41) is 2.25. The molecule has 6 heteroatoms. The van der Waals surface area contributed by atoms with Gasteiger partial charge in [-0.25, -0.2) is 0 Å². The zero-order valence-electron chi connectivity index (χ0n) is 14.5. The highest BCUT2D eigenvalue weighted by Gasteiger charge is 2.15. The lowest BCUT2D eigenvalue weighted by atomic mass is 10.1. The zero-order valence-corrected chi connectivity index (χ0v) is 16.1. The lowest BCUT2D eigenvalue weighted by molar-refractivity contribution is 0.595. The van der Waals surface area contributed by atoms with E-state index in [-0.39, 0.29) is 4.90 Å². The van der Waals surface area contributed by atoms with Gasteiger partial charge in [-0.15, -0.1) is 4.40 Å². The Morgan fingerprint density at radius 1 is 1.00 bits per heavy atom. The minimum atomic E-state index is -3.75. The van der Waals surface area contributed by atoms with E-state index in [9.17, 15) is 8.42 Å². The van der Waals surface area contributed by atoms with Gasteiger partial charge in [-0.3, -0.25) is 0 Å². The molecule has 0 aliphatic carbocycles. The molecular formula is C20H18N2O2S2. The van der Waals surface area contributed by atoms with E-state index in [1.54, 1.807) is 24.3 Å². The van der Waals surface area contributed by atoms with Gasteiger partial charge in [0, 0.05) is 11.9 Å². The molecule has 0 atom stereocenters. The summed E-state index contributed by atoms with van der Waals surface area (Å²) in [6.45, 7) is 4.58. The van der Waals surface area contributed by atoms with E-state index in [0.29, 0.717) is 11.3 Å². The van der Waals surface area contributed by atoms with Crippen molar-refractivity contribution < 1.29 is 8.42 Å². The number of hydrogen-bond acceptors (Lipinski definition) is 3. The molecule has 1 heterocycles. The molecule has 4 nitrogen and oxygen atoms in total. The van der Waals surface area contributed by atoms with Crippen LogP contribution in [0.5, 0.6) is 0 Å². The molecule has 0 saturated carbocycles. The lowest BCUT2D eigenvalue weighted by Gasteiger charge is -2.03. The van der Waals surface area contributed by atoms with Crippen LogP contribution in [0.3, 0.4) is 0 Å². The van der Waals surface area contributed by atoms with Crippen molar-refractivity contribution in [2.24, 2.45) is 4.40 Å². The van der Waals surface area contributed by atoms with Gasteiger partial charge >= 0.3 is 0 Å². The van der Waals surface area contributed by atoms with Crippen LogP contribution >= 0.6 is 11.3 Å². The van der Waals surface area contributed by atoms with Crippen molar-refractivity contribution in [1.29, 1.82) is 0 Å². The van der Waals surface area contributed by atoms with Crippen LogP contribution < -0.4 is 4.80 Å². The van der Waals surface area contributed by atoms with E-state index in [1.165, 1.54) is 11.3 Å². The molecule has 0 radical (unpaired) electrons. The van der Waals surface area contributed by atoms with E-state index >= 15 is 0 Å². The van der Waals surface area contributed by atoms with Crippen LogP contribution in [0.4, 0.5) is 0 Å². The van der Waals surface area contributed by atoms with Gasteiger partial charge in [0.2, 0.25) is 4.80 Å². The van der Waals surface area contributed by atoms with Crippen LogP contribution in [0.25, 0.3) is 21.0 Å². The molecule has 1 aromatic heterocycles. The van der Waals surface area contributed by atoms with Crippen molar-refractivity contribution in [3.05, 3.63) is 71.0 Å². The Balaban J connectivity index is 2.00. The van der Waals surface area contributed by atoms with Gasteiger partial charge in [-0.2, -0.15) is 8.42 Å². The Morgan fingerprint density at radius 3 is 2.46 bits per heavy atom. The van der Waals surface area contributed by atoms with Gasteiger partial charge in [0.1, 0.15) is 0 Å². The van der Waals surface area contributed by atoms with Crippen molar-refractivity contribution >= 4 is 42.3 Å². The van der Waals surface area contributed by atoms with Crippen molar-refractivity contribution in [2.45, 2.75) is 25.3 Å². The normalized spacial score (nSPS) is 12.9. The van der Waals surface area contributed by atoms with Crippen molar-refractivity contribution in [3.63, 3.8) is 0 Å². The summed E-state index contributed by atoms with van der Waals surface area (Å²) in [5.41, 5.74) is 2.02. The second-order valence-corrected chi connectivity index (χ2v) is 8.72. The predicted octanol–water partition coefficient (Wildman–Crippen LogP) is 4.47. The molecule has 0 fully saturated rings. The number of hydrogen-bond donors (Lipinski definition) is 0. The van der Waals surface area contributed by atoms with Gasteiger partial charge in [-0.05, 0) is 37.4 Å². The molecule has 0 spiro atoms. The van der Waals surface area contributed by atoms with Gasteiger partial charge in [-0.1, -0.05) is 59.4 Å². The van der Waals surface area contributed by atoms with Gasteiger partial charge in [0.05, 0.1) is 15.1 Å². The first-order valence-corrected chi connectivity index (χ1v) is 10.6. The molecule has 0 saturated heterocycles. The molecule has 0 aliphatic rings. The Hall–Kier alpha value is -2.44. The molecule has 132 valence electrons. The van der Waals surface area contributed by atoms with Crippen LogP contribution in [-0.2, 0) is 16.6 Å². The summed E-state index contributed by atoms with van der Waals surface area (Å²) in [6, 6.07) is 19.0. The van der Waals surface area contributed by atoms with E-state index in [4.69, 9.17) is 0 Å². The second-order valence-electron chi connectivity index (χ2n) is 6.14. The maximum Gasteiger partial charge on any atom is 0.285 e. The number of thiazole rings is 1. The number of aromatic nitrogens is 1. The lowest BCUT2D eigenvalue weighted by Crippen LogP contribution is -2.16. The molecule has 26 heavy (non-hydrogen) atoms. The summed E-state index contributed by atoms with van der Waals surface area (Å²) in [7, 11) is -3.75. The van der Waals surface area contributed by atoms with E-state index < -0.39 is 10.0 Å². The average molecular weight is 383 g/mol. The molecule has 0 bridgehead atoms. The molecule has 0 amide bonds. The number of fused-ring (bicyclic) bond motifs is 3. The molecule has 0 aliphatic heterocycles. The summed E-state index contributed by atoms with van der Waals surface area (Å²) in [6.07, 6.45) is 0. The highest BCUT2D eigenvalue weighted by atomic mass is 32.2. The summed E-state index contributed by atoms with van der Waals surface area (Å²) in [5.74, 6) is 0. The maximum atomic E-state index is 12.7. The van der Waals surface area contributed by atoms with E-state index in [1.807, 2.05) is 36.6 Å². The first-order chi connectivity index (χ1) is 12.5. The Labute approximate surface area is 156 Å². The Bertz CT molecular complexity index is 1280. The number of sulfonamides is 1. The third-order valence-corrected chi connectivity index (χ3v) is 6.93. The topological polar surface area (TPSA) is 51.4 Å². The Morgan fingerprint density at radius 2 is 1.73 bits per heavy atom. The van der Waals surface area contributed by atoms with E-state index in [0.717, 1.165) is 26.6 Å². The molecule has 3 aromatic carbocycles. The first-order valence-electron chi connectivity index (χ1n) is 8.38. The smallest absolute Gasteiger partial charge is 0.285 e. The van der Waals surface area contributed by atoms with Crippen LogP contribution in [-0.4, -0.2) is 13.0 Å². The second kappa shape index (κ2) is 6.37. The van der Waals surface area contributed by atoms with Crippen molar-refractivity contribution in [2.75, 3.05) is 0 Å². The average Bonchev–Trinajstić information content (AvgIpc) is 2.98. The zero-order chi connectivity index (χ0) is 18.3. The summed E-state index contributed by atoms with van der Waals surface area (Å²) >= 11 is 1.42. The highest BCUT2D eigenvalue weighted by Crippen LogP contribution is 2.27. The first kappa shape index (κ1) is 17.0. The standard InChI is InChI=1S/C20H18N2O2S2/c1-3-22-18-13-10-15-6-4-5-7-17(15)19(18)25-20(22)21-26(23,24)16-11-8-14(2)9-12-16/h4-13H,3H2,1-2H3/b21-20+. The molecule has 4 rings (SSSR count). The van der Waals surface area contributed by atoms with Crippen LogP contribution in [0.2, 0.25) is 0 Å². The molecule has 0 unspecified atom stereocenters. The third kappa shape index (κ3) is 2.85. The number of nitrogens with zero attached hydrogens (tertiary/aromatic N) is 2. The van der Waals surface area contributed by atoms with Crippen molar-refractivity contribution in [1.82, 2.24) is 4.57 Å². The van der Waals surface area contributed by atoms with Crippen LogP contribution in [0, 0.1) is 6.92 Å². The predicted molar refractivity (Wildman–Crippen MR) is 107 cm³/mol. The largest absolute Gasteiger partial charge is 0.316 e. The maximum absolute atomic E-state index is 12.7. The fraction of sp³-hybridized carbons (Fsp3) is 0.150. The monoisotopic (exact) mass is 382 g/mol. The quantitative estimate of drug-likeness (QED) is 0.525. The highest BCUT2D eigenvalue weighted by molar-refractivity contribution is 7.90. The van der Waals surface area contributed by atoms with Gasteiger partial charge in [0.25, 0.3) is 10.0 Å². The fourth-order valence-electron chi connectivity index (χ4n) is 3.04. The minimum absolute atomic E-state index is 0.216. The summed E-state index contributed by atoms with van der Waals surface area (Å²) in [4.78, 5) is 0.715. The van der Waals surface area contributed by atoms with Crippen LogP contribution in [0.1, 0.15) is 12.5 Å². The SMILES string of the molecule is CCn1/c(=N\S(=O)(=O)c2ccc(C)cc2)sc2c3ccccc3ccc21. The number of benzene rings is 3. The fourth-order valence-corrected chi connectivity index (χ4v) is 5.47. The number of rotatable bonds is 3. The van der Waals surface area contributed by atoms with Crippen molar-refractivity contribution in [3.8, 4) is 0 Å². The third-order valence-electron chi connectivity index (χ3n) is 4.41. The number of aryl methyl sites for hydroxylation is 2. The molecular weight excluding hydrogens is 364 g/mol. The summed E-state index contributed by atoms with van der Waals surface area (Å²) < 4.78 is 32.7. The van der Waals surface area contributed by atoms with Crippen LogP contribution in [0.15, 0.2) is 70.0 Å². The minimum Gasteiger partial charge on any atom is -0.316 e. The van der Waals surface area contributed by atoms with Gasteiger partial charge < -0.3 is 4.57 Å².